The number of carbonyl (C=O) groups is 1. The number of benzene rings is 1. The third kappa shape index (κ3) is 5.00. The fourth-order valence-electron chi connectivity index (χ4n) is 4.37. The molecule has 7 nitrogen and oxygen atoms in total. The van der Waals surface area contributed by atoms with Crippen molar-refractivity contribution in [2.24, 2.45) is 5.92 Å². The van der Waals surface area contributed by atoms with Crippen LogP contribution in [-0.2, 0) is 4.74 Å². The van der Waals surface area contributed by atoms with Crippen LogP contribution in [0, 0.1) is 11.7 Å². The van der Waals surface area contributed by atoms with Gasteiger partial charge in [-0.05, 0) is 55.2 Å². The molecule has 0 radical (unpaired) electrons. The molecule has 1 amide bonds. The summed E-state index contributed by atoms with van der Waals surface area (Å²) in [5.41, 5.74) is 2.58. The summed E-state index contributed by atoms with van der Waals surface area (Å²) in [5.74, 6) is 1.22. The average Bonchev–Trinajstić information content (AvgIpc) is 3.22. The van der Waals surface area contributed by atoms with E-state index in [0.717, 1.165) is 41.1 Å². The van der Waals surface area contributed by atoms with Crippen molar-refractivity contribution in [3.63, 3.8) is 0 Å². The molecule has 182 valence electrons. The summed E-state index contributed by atoms with van der Waals surface area (Å²) in [6.45, 7) is 11.4. The van der Waals surface area contributed by atoms with Gasteiger partial charge in [-0.2, -0.15) is 5.10 Å². The van der Waals surface area contributed by atoms with E-state index >= 15 is 0 Å². The molecule has 8 heteroatoms. The number of amides is 1. The van der Waals surface area contributed by atoms with E-state index in [9.17, 15) is 9.18 Å². The quantitative estimate of drug-likeness (QED) is 0.467. The van der Waals surface area contributed by atoms with E-state index in [2.05, 4.69) is 24.8 Å². The second kappa shape index (κ2) is 10.4. The zero-order chi connectivity index (χ0) is 24.2. The Morgan fingerprint density at radius 3 is 2.32 bits per heavy atom. The van der Waals surface area contributed by atoms with Gasteiger partial charge in [0.1, 0.15) is 11.6 Å². The van der Waals surface area contributed by atoms with Crippen LogP contribution in [-0.4, -0.2) is 58.5 Å². The van der Waals surface area contributed by atoms with Crippen molar-refractivity contribution in [3.05, 3.63) is 47.9 Å². The van der Waals surface area contributed by atoms with Gasteiger partial charge in [-0.1, -0.05) is 27.7 Å². The number of carbonyl (C=O) groups excluding carboxylic acids is 1. The molecule has 4 rings (SSSR count). The molecule has 1 aromatic carbocycles. The number of halogens is 1. The van der Waals surface area contributed by atoms with Gasteiger partial charge in [0, 0.05) is 37.5 Å². The Balaban J connectivity index is 1.61. The van der Waals surface area contributed by atoms with Crippen molar-refractivity contribution in [3.8, 4) is 5.69 Å². The number of hydrogen-bond acceptors (Lipinski definition) is 5. The Morgan fingerprint density at radius 2 is 1.71 bits per heavy atom. The van der Waals surface area contributed by atoms with Gasteiger partial charge in [0.2, 0.25) is 0 Å². The molecule has 0 bridgehead atoms. The summed E-state index contributed by atoms with van der Waals surface area (Å²) < 4.78 is 20.8. The van der Waals surface area contributed by atoms with Crippen molar-refractivity contribution < 1.29 is 13.9 Å². The van der Waals surface area contributed by atoms with Crippen LogP contribution in [0.25, 0.3) is 16.7 Å². The summed E-state index contributed by atoms with van der Waals surface area (Å²) >= 11 is 0. The molecule has 2 aromatic heterocycles. The Morgan fingerprint density at radius 1 is 1.03 bits per heavy atom. The number of ether oxygens (including phenoxy) is 1. The molecular formula is C26H34FN5O2. The van der Waals surface area contributed by atoms with Crippen LogP contribution < -0.4 is 4.90 Å². The molecule has 0 saturated carbocycles. The summed E-state index contributed by atoms with van der Waals surface area (Å²) in [6, 6.07) is 10.5. The number of nitrogens with zero attached hydrogens (tertiary/aromatic N) is 5. The van der Waals surface area contributed by atoms with Crippen LogP contribution >= 0.6 is 0 Å². The minimum absolute atomic E-state index is 0.249. The maximum atomic E-state index is 13.6. The summed E-state index contributed by atoms with van der Waals surface area (Å²) in [7, 11) is 0. The maximum absolute atomic E-state index is 13.6. The Bertz CT molecular complexity index is 1120. The number of hydrogen-bond donors (Lipinski definition) is 0. The zero-order valence-electron chi connectivity index (χ0n) is 20.5. The van der Waals surface area contributed by atoms with E-state index in [1.165, 1.54) is 12.1 Å². The first-order valence-corrected chi connectivity index (χ1v) is 12.2. The predicted molar refractivity (Wildman–Crippen MR) is 132 cm³/mol. The lowest BCUT2D eigenvalue weighted by Crippen LogP contribution is -2.49. The van der Waals surface area contributed by atoms with Crippen molar-refractivity contribution in [1.82, 2.24) is 19.7 Å². The molecule has 3 aromatic rings. The maximum Gasteiger partial charge on any atom is 0.409 e. The van der Waals surface area contributed by atoms with E-state index in [-0.39, 0.29) is 11.9 Å². The van der Waals surface area contributed by atoms with Gasteiger partial charge in [0.05, 0.1) is 18.0 Å². The highest BCUT2D eigenvalue weighted by molar-refractivity contribution is 5.82. The fraction of sp³-hybridized carbons (Fsp3) is 0.500. The van der Waals surface area contributed by atoms with Crippen LogP contribution in [0.4, 0.5) is 15.0 Å². The second-order valence-corrected chi connectivity index (χ2v) is 9.27. The van der Waals surface area contributed by atoms with Gasteiger partial charge in [0.25, 0.3) is 0 Å². The Labute approximate surface area is 200 Å². The highest BCUT2D eigenvalue weighted by Gasteiger charge is 2.25. The van der Waals surface area contributed by atoms with E-state index in [0.29, 0.717) is 44.6 Å². The van der Waals surface area contributed by atoms with Gasteiger partial charge in [0.15, 0.2) is 5.65 Å². The molecule has 1 aliphatic heterocycles. The molecule has 0 spiro atoms. The number of aromatic nitrogens is 3. The SMILES string of the molecule is CCC(CC)c1nn(-c2ccc(F)cc2)c2nc(N3CCN(C(=O)OCC(C)C)CC3)ccc12. The molecule has 1 fully saturated rings. The highest BCUT2D eigenvalue weighted by atomic mass is 19.1. The fourth-order valence-corrected chi connectivity index (χ4v) is 4.37. The van der Waals surface area contributed by atoms with Crippen molar-refractivity contribution >= 4 is 22.9 Å². The number of fused-ring (bicyclic) bond motifs is 1. The van der Waals surface area contributed by atoms with Crippen LogP contribution in [0.1, 0.15) is 52.1 Å². The molecule has 1 saturated heterocycles. The van der Waals surface area contributed by atoms with Crippen LogP contribution in [0.5, 0.6) is 0 Å². The van der Waals surface area contributed by atoms with Crippen LogP contribution in [0.2, 0.25) is 0 Å². The molecular weight excluding hydrogens is 433 g/mol. The zero-order valence-corrected chi connectivity index (χ0v) is 20.5. The molecule has 0 aliphatic carbocycles. The van der Waals surface area contributed by atoms with Gasteiger partial charge in [-0.25, -0.2) is 18.9 Å². The largest absolute Gasteiger partial charge is 0.449 e. The predicted octanol–water partition coefficient (Wildman–Crippen LogP) is 5.38. The standard InChI is InChI=1S/C26H34FN5O2/c1-5-19(6-2)24-22-11-12-23(28-25(22)32(29-24)21-9-7-20(27)8-10-21)30-13-15-31(16-14-30)26(33)34-17-18(3)4/h7-12,18-19H,5-6,13-17H2,1-4H3. The number of piperazine rings is 1. The number of pyridine rings is 1. The minimum atomic E-state index is -0.279. The lowest BCUT2D eigenvalue weighted by atomic mass is 9.97. The molecule has 1 aliphatic rings. The monoisotopic (exact) mass is 467 g/mol. The third-order valence-electron chi connectivity index (χ3n) is 6.39. The number of anilines is 1. The van der Waals surface area contributed by atoms with Crippen molar-refractivity contribution in [2.45, 2.75) is 46.5 Å². The van der Waals surface area contributed by atoms with Gasteiger partial charge < -0.3 is 14.5 Å². The highest BCUT2D eigenvalue weighted by Crippen LogP contribution is 2.32. The van der Waals surface area contributed by atoms with Crippen LogP contribution in [0.15, 0.2) is 36.4 Å². The second-order valence-electron chi connectivity index (χ2n) is 9.27. The van der Waals surface area contributed by atoms with Gasteiger partial charge in [-0.3, -0.25) is 0 Å². The van der Waals surface area contributed by atoms with Gasteiger partial charge >= 0.3 is 6.09 Å². The van der Waals surface area contributed by atoms with Crippen molar-refractivity contribution in [2.75, 3.05) is 37.7 Å². The topological polar surface area (TPSA) is 63.5 Å². The molecule has 3 heterocycles. The lowest BCUT2D eigenvalue weighted by Gasteiger charge is -2.34. The Hall–Kier alpha value is -3.16. The smallest absolute Gasteiger partial charge is 0.409 e. The van der Waals surface area contributed by atoms with Crippen LogP contribution in [0.3, 0.4) is 0 Å². The molecule has 0 N–H and O–H groups in total. The first-order valence-electron chi connectivity index (χ1n) is 12.2. The number of rotatable bonds is 7. The van der Waals surface area contributed by atoms with E-state index in [1.807, 2.05) is 24.6 Å². The lowest BCUT2D eigenvalue weighted by molar-refractivity contribution is 0.0901. The summed E-state index contributed by atoms with van der Waals surface area (Å²) in [6.07, 6.45) is 1.73. The first-order chi connectivity index (χ1) is 16.4. The van der Waals surface area contributed by atoms with E-state index in [1.54, 1.807) is 17.0 Å². The van der Waals surface area contributed by atoms with E-state index < -0.39 is 0 Å². The third-order valence-corrected chi connectivity index (χ3v) is 6.39. The molecule has 34 heavy (non-hydrogen) atoms. The van der Waals surface area contributed by atoms with Gasteiger partial charge in [-0.15, -0.1) is 0 Å². The Kier molecular flexibility index (Phi) is 7.34. The molecule has 0 unspecified atom stereocenters. The minimum Gasteiger partial charge on any atom is -0.449 e. The van der Waals surface area contributed by atoms with Crippen molar-refractivity contribution in [1.29, 1.82) is 0 Å². The molecule has 0 atom stereocenters. The average molecular weight is 468 g/mol. The summed E-state index contributed by atoms with van der Waals surface area (Å²) in [5, 5.41) is 5.96. The normalized spacial score (nSPS) is 14.4. The van der Waals surface area contributed by atoms with E-state index in [4.69, 9.17) is 14.8 Å². The summed E-state index contributed by atoms with van der Waals surface area (Å²) in [4.78, 5) is 21.2. The first kappa shape index (κ1) is 24.0.